The molecule has 100 valence electrons. The van der Waals surface area contributed by atoms with Crippen LogP contribution in [0.15, 0.2) is 40.8 Å². The zero-order valence-electron chi connectivity index (χ0n) is 10.3. The van der Waals surface area contributed by atoms with Crippen LogP contribution < -0.4 is 5.32 Å². The molecule has 1 aromatic carbocycles. The Labute approximate surface area is 109 Å². The molecule has 1 heterocycles. The zero-order chi connectivity index (χ0) is 13.8. The van der Waals surface area contributed by atoms with Crippen molar-refractivity contribution in [1.29, 1.82) is 0 Å². The van der Waals surface area contributed by atoms with Gasteiger partial charge in [0.1, 0.15) is 16.5 Å². The average molecular weight is 264 g/mol. The molecule has 0 aliphatic heterocycles. The van der Waals surface area contributed by atoms with Gasteiger partial charge in [0.2, 0.25) is 0 Å². The molecular weight excluding hydrogens is 251 g/mol. The monoisotopic (exact) mass is 264 g/mol. The molecule has 1 aromatic heterocycles. The summed E-state index contributed by atoms with van der Waals surface area (Å²) >= 11 is 0. The van der Waals surface area contributed by atoms with Crippen LogP contribution >= 0.6 is 0 Å². The van der Waals surface area contributed by atoms with Crippen LogP contribution in [0.4, 0.5) is 10.3 Å². The van der Waals surface area contributed by atoms with Gasteiger partial charge >= 0.3 is 5.88 Å². The van der Waals surface area contributed by atoms with Gasteiger partial charge in [-0.15, -0.1) is 0 Å². The van der Waals surface area contributed by atoms with Crippen molar-refractivity contribution in [3.8, 4) is 0 Å². The lowest BCUT2D eigenvalue weighted by Crippen LogP contribution is -2.17. The van der Waals surface area contributed by atoms with Gasteiger partial charge < -0.3 is 9.73 Å². The predicted molar refractivity (Wildman–Crippen MR) is 67.0 cm³/mol. The molecule has 0 bridgehead atoms. The number of halogens is 1. The lowest BCUT2D eigenvalue weighted by molar-refractivity contribution is -0.402. The fourth-order valence-corrected chi connectivity index (χ4v) is 1.71. The number of nitro groups is 1. The largest absolute Gasteiger partial charge is 0.433 e. The molecule has 0 radical (unpaired) electrons. The maximum absolute atomic E-state index is 13.1. The minimum atomic E-state index is -0.584. The molecule has 0 amide bonds. The smallest absolute Gasteiger partial charge is 0.404 e. The summed E-state index contributed by atoms with van der Waals surface area (Å²) in [6.45, 7) is 2.22. The van der Waals surface area contributed by atoms with E-state index in [1.807, 2.05) is 13.0 Å². The normalized spacial score (nSPS) is 12.3. The molecule has 0 aliphatic carbocycles. The quantitative estimate of drug-likeness (QED) is 0.665. The maximum atomic E-state index is 13.1. The number of furan rings is 1. The Hall–Kier alpha value is -2.21. The van der Waals surface area contributed by atoms with Crippen molar-refractivity contribution in [2.45, 2.75) is 19.5 Å². The third-order valence-corrected chi connectivity index (χ3v) is 2.76. The number of nitrogens with one attached hydrogen (secondary N) is 1. The van der Waals surface area contributed by atoms with E-state index >= 15 is 0 Å². The molecule has 0 aliphatic rings. The summed E-state index contributed by atoms with van der Waals surface area (Å²) in [4.78, 5) is 9.88. The first-order valence-electron chi connectivity index (χ1n) is 5.78. The maximum Gasteiger partial charge on any atom is 0.433 e. The van der Waals surface area contributed by atoms with Crippen molar-refractivity contribution >= 4 is 5.88 Å². The Bertz CT molecular complexity index is 583. The van der Waals surface area contributed by atoms with E-state index in [-0.39, 0.29) is 17.7 Å². The molecule has 0 saturated carbocycles. The van der Waals surface area contributed by atoms with Crippen molar-refractivity contribution in [3.05, 3.63) is 63.7 Å². The van der Waals surface area contributed by atoms with Crippen LogP contribution in [0.3, 0.4) is 0 Å². The van der Waals surface area contributed by atoms with Crippen molar-refractivity contribution in [2.24, 2.45) is 0 Å². The summed E-state index contributed by atoms with van der Waals surface area (Å²) in [5.74, 6) is -0.107. The summed E-state index contributed by atoms with van der Waals surface area (Å²) in [6, 6.07) is 9.05. The Kier molecular flexibility index (Phi) is 3.91. The standard InChI is InChI=1S/C13H13FN2O3/c1-9(10-3-2-4-11(14)7-10)15-8-12-5-6-13(19-12)16(17)18/h2-7,9,15H,8H2,1H3/t9-/m1/s1. The Morgan fingerprint density at radius 1 is 1.42 bits per heavy atom. The van der Waals surface area contributed by atoms with Crippen LogP contribution in [0, 0.1) is 15.9 Å². The fraction of sp³-hybridized carbons (Fsp3) is 0.231. The van der Waals surface area contributed by atoms with Crippen molar-refractivity contribution in [2.75, 3.05) is 0 Å². The van der Waals surface area contributed by atoms with Gasteiger partial charge in [-0.25, -0.2) is 4.39 Å². The average Bonchev–Trinajstić information content (AvgIpc) is 2.85. The van der Waals surface area contributed by atoms with E-state index < -0.39 is 4.92 Å². The second-order valence-corrected chi connectivity index (χ2v) is 4.15. The molecule has 0 spiro atoms. The molecule has 0 fully saturated rings. The van der Waals surface area contributed by atoms with E-state index in [2.05, 4.69) is 5.32 Å². The first kappa shape index (κ1) is 13.2. The predicted octanol–water partition coefficient (Wildman–Crippen LogP) is 3.18. The van der Waals surface area contributed by atoms with Gasteiger partial charge in [0.15, 0.2) is 0 Å². The molecule has 1 N–H and O–H groups in total. The molecule has 1 atom stereocenters. The summed E-state index contributed by atoms with van der Waals surface area (Å²) in [5, 5.41) is 13.6. The molecule has 19 heavy (non-hydrogen) atoms. The Morgan fingerprint density at radius 2 is 2.21 bits per heavy atom. The van der Waals surface area contributed by atoms with Crippen molar-refractivity contribution < 1.29 is 13.7 Å². The topological polar surface area (TPSA) is 68.3 Å². The second kappa shape index (κ2) is 5.62. The molecule has 2 rings (SSSR count). The molecule has 0 unspecified atom stereocenters. The summed E-state index contributed by atoms with van der Waals surface area (Å²) in [7, 11) is 0. The molecular formula is C13H13FN2O3. The highest BCUT2D eigenvalue weighted by Gasteiger charge is 2.12. The number of hydrogen-bond acceptors (Lipinski definition) is 4. The van der Waals surface area contributed by atoms with Crippen LogP contribution in [0.25, 0.3) is 0 Å². The number of nitrogens with zero attached hydrogens (tertiary/aromatic N) is 1. The number of rotatable bonds is 5. The molecule has 5 nitrogen and oxygen atoms in total. The van der Waals surface area contributed by atoms with E-state index in [1.54, 1.807) is 12.1 Å². The Balaban J connectivity index is 1.96. The summed E-state index contributed by atoms with van der Waals surface area (Å²) in [6.07, 6.45) is 0. The first-order chi connectivity index (χ1) is 9.06. The van der Waals surface area contributed by atoms with Crippen LogP contribution in [-0.2, 0) is 6.54 Å². The van der Waals surface area contributed by atoms with E-state index in [0.29, 0.717) is 12.3 Å². The SMILES string of the molecule is C[C@@H](NCc1ccc([N+](=O)[O-])o1)c1cccc(F)c1. The van der Waals surface area contributed by atoms with Gasteiger partial charge in [-0.05, 0) is 30.7 Å². The van der Waals surface area contributed by atoms with Crippen LogP contribution in [-0.4, -0.2) is 4.92 Å². The van der Waals surface area contributed by atoms with Gasteiger partial charge in [-0.3, -0.25) is 10.1 Å². The van der Waals surface area contributed by atoms with Gasteiger partial charge in [0.25, 0.3) is 0 Å². The van der Waals surface area contributed by atoms with E-state index in [0.717, 1.165) is 5.56 Å². The Morgan fingerprint density at radius 3 is 2.84 bits per heavy atom. The van der Waals surface area contributed by atoms with Crippen molar-refractivity contribution in [1.82, 2.24) is 5.32 Å². The van der Waals surface area contributed by atoms with Gasteiger partial charge in [0, 0.05) is 6.04 Å². The van der Waals surface area contributed by atoms with Gasteiger partial charge in [-0.1, -0.05) is 12.1 Å². The lowest BCUT2D eigenvalue weighted by atomic mass is 10.1. The van der Waals surface area contributed by atoms with Gasteiger partial charge in [-0.2, -0.15) is 0 Å². The molecule has 6 heteroatoms. The van der Waals surface area contributed by atoms with Gasteiger partial charge in [0.05, 0.1) is 12.6 Å². The zero-order valence-corrected chi connectivity index (χ0v) is 10.3. The van der Waals surface area contributed by atoms with E-state index in [9.17, 15) is 14.5 Å². The molecule has 0 saturated heterocycles. The number of benzene rings is 1. The van der Waals surface area contributed by atoms with E-state index in [4.69, 9.17) is 4.42 Å². The third kappa shape index (κ3) is 3.38. The fourth-order valence-electron chi connectivity index (χ4n) is 1.71. The van der Waals surface area contributed by atoms with Crippen LogP contribution in [0.5, 0.6) is 0 Å². The summed E-state index contributed by atoms with van der Waals surface area (Å²) in [5.41, 5.74) is 0.807. The number of hydrogen-bond donors (Lipinski definition) is 1. The lowest BCUT2D eigenvalue weighted by Gasteiger charge is -2.13. The highest BCUT2D eigenvalue weighted by molar-refractivity contribution is 5.20. The second-order valence-electron chi connectivity index (χ2n) is 4.15. The van der Waals surface area contributed by atoms with E-state index in [1.165, 1.54) is 18.2 Å². The minimum absolute atomic E-state index is 0.0835. The highest BCUT2D eigenvalue weighted by atomic mass is 19.1. The first-order valence-corrected chi connectivity index (χ1v) is 5.78. The van der Waals surface area contributed by atoms with Crippen LogP contribution in [0.2, 0.25) is 0 Å². The summed E-state index contributed by atoms with van der Waals surface area (Å²) < 4.78 is 18.1. The van der Waals surface area contributed by atoms with Crippen molar-refractivity contribution in [3.63, 3.8) is 0 Å². The molecule has 2 aromatic rings. The highest BCUT2D eigenvalue weighted by Crippen LogP contribution is 2.18. The third-order valence-electron chi connectivity index (χ3n) is 2.76. The minimum Gasteiger partial charge on any atom is -0.404 e. The van der Waals surface area contributed by atoms with Crippen LogP contribution in [0.1, 0.15) is 24.3 Å².